The Morgan fingerprint density at radius 3 is 2.49 bits per heavy atom. The molecule has 1 aromatic carbocycles. The average Bonchev–Trinajstić information content (AvgIpc) is 3.19. The lowest BCUT2D eigenvalue weighted by atomic mass is 10.1. The summed E-state index contributed by atoms with van der Waals surface area (Å²) in [5.41, 5.74) is 7.40. The first kappa shape index (κ1) is 27.6. The number of nitrogens with one attached hydrogen (secondary N) is 2. The number of carboxylic acid groups (broad SMARTS) is 1. The number of fused-ring (bicyclic) bond motifs is 1. The van der Waals surface area contributed by atoms with E-state index in [2.05, 4.69) is 20.3 Å². The van der Waals surface area contributed by atoms with Crippen molar-refractivity contribution in [1.82, 2.24) is 24.8 Å². The van der Waals surface area contributed by atoms with Crippen molar-refractivity contribution in [2.45, 2.75) is 13.0 Å². The van der Waals surface area contributed by atoms with Gasteiger partial charge in [-0.15, -0.1) is 0 Å². The molecule has 0 aliphatic carbocycles. The summed E-state index contributed by atoms with van der Waals surface area (Å²) in [6.07, 6.45) is -0.0540. The Bertz CT molecular complexity index is 1240. The lowest BCUT2D eigenvalue weighted by Gasteiger charge is -2.09. The van der Waals surface area contributed by atoms with E-state index in [9.17, 15) is 14.4 Å². The van der Waals surface area contributed by atoms with Gasteiger partial charge in [-0.25, -0.2) is 4.79 Å². The topological polar surface area (TPSA) is 193 Å². The summed E-state index contributed by atoms with van der Waals surface area (Å²) in [7, 11) is 1.54. The molecular weight excluding hydrogens is 488 g/mol. The van der Waals surface area contributed by atoms with E-state index < -0.39 is 11.7 Å². The summed E-state index contributed by atoms with van der Waals surface area (Å²) >= 11 is 0. The largest absolute Gasteiger partial charge is 0.481 e. The number of imidazole rings is 1. The first-order valence-electron chi connectivity index (χ1n) is 11.5. The first-order valence-corrected chi connectivity index (χ1v) is 11.5. The van der Waals surface area contributed by atoms with Gasteiger partial charge in [0.05, 0.1) is 46.0 Å². The fraction of sp³-hybridized carbons (Fsp3) is 0.435. The minimum absolute atomic E-state index is 0.0384. The van der Waals surface area contributed by atoms with E-state index >= 15 is 0 Å². The molecule has 2 aromatic heterocycles. The SMILES string of the molecule is COCCOc1nc(N)c2[nH]c(=O)n(Cc3ccc(C(=O)NCCOCCOCCC(=O)O)cc3)c2n1. The van der Waals surface area contributed by atoms with Crippen molar-refractivity contribution in [1.29, 1.82) is 0 Å². The summed E-state index contributed by atoms with van der Waals surface area (Å²) in [4.78, 5) is 46.3. The van der Waals surface area contributed by atoms with Crippen LogP contribution in [0.3, 0.4) is 0 Å². The molecule has 14 nitrogen and oxygen atoms in total. The molecule has 0 saturated heterocycles. The fourth-order valence-corrected chi connectivity index (χ4v) is 3.22. The van der Waals surface area contributed by atoms with Crippen LogP contribution in [-0.4, -0.2) is 89.8 Å². The third-order valence-electron chi connectivity index (χ3n) is 5.07. The molecule has 0 fully saturated rings. The molecule has 2 heterocycles. The number of carbonyl (C=O) groups excluding carboxylic acids is 1. The molecule has 0 spiro atoms. The maximum Gasteiger partial charge on any atom is 0.328 e. The molecular formula is C23H30N6O8. The molecule has 0 unspecified atom stereocenters. The van der Waals surface area contributed by atoms with E-state index in [1.807, 2.05) is 0 Å². The highest BCUT2D eigenvalue weighted by Crippen LogP contribution is 2.18. The molecule has 0 saturated carbocycles. The van der Waals surface area contributed by atoms with Gasteiger partial charge < -0.3 is 40.1 Å². The molecule has 0 atom stereocenters. The van der Waals surface area contributed by atoms with E-state index in [1.54, 1.807) is 31.4 Å². The number of H-pyrrole nitrogens is 1. The van der Waals surface area contributed by atoms with Gasteiger partial charge in [0.15, 0.2) is 11.5 Å². The quantitative estimate of drug-likeness (QED) is 0.187. The highest BCUT2D eigenvalue weighted by Gasteiger charge is 2.15. The van der Waals surface area contributed by atoms with Gasteiger partial charge in [-0.2, -0.15) is 9.97 Å². The van der Waals surface area contributed by atoms with Gasteiger partial charge in [0, 0.05) is 19.2 Å². The van der Waals surface area contributed by atoms with Crippen molar-refractivity contribution in [2.24, 2.45) is 0 Å². The normalized spacial score (nSPS) is 11.1. The van der Waals surface area contributed by atoms with Crippen molar-refractivity contribution in [3.8, 4) is 6.01 Å². The number of methoxy groups -OCH3 is 1. The minimum atomic E-state index is -0.915. The zero-order chi connectivity index (χ0) is 26.6. The number of hydrogen-bond donors (Lipinski definition) is 4. The summed E-state index contributed by atoms with van der Waals surface area (Å²) < 4.78 is 22.2. The number of aromatic amines is 1. The van der Waals surface area contributed by atoms with Crippen LogP contribution in [0.1, 0.15) is 22.3 Å². The number of ether oxygens (including phenoxy) is 4. The number of aliphatic carboxylic acids is 1. The second kappa shape index (κ2) is 13.9. The summed E-state index contributed by atoms with van der Waals surface area (Å²) in [6.45, 7) is 2.07. The van der Waals surface area contributed by atoms with Gasteiger partial charge in [-0.05, 0) is 17.7 Å². The molecule has 3 aromatic rings. The first-order chi connectivity index (χ1) is 17.9. The van der Waals surface area contributed by atoms with Crippen LogP contribution in [0, 0.1) is 0 Å². The molecule has 0 aliphatic heterocycles. The average molecular weight is 519 g/mol. The van der Waals surface area contributed by atoms with Gasteiger partial charge in [0.1, 0.15) is 12.1 Å². The van der Waals surface area contributed by atoms with Gasteiger partial charge in [0.25, 0.3) is 5.91 Å². The predicted octanol–water partition coefficient (Wildman–Crippen LogP) is 0.0130. The number of nitrogens with zero attached hydrogens (tertiary/aromatic N) is 3. The van der Waals surface area contributed by atoms with Gasteiger partial charge in [-0.1, -0.05) is 12.1 Å². The van der Waals surface area contributed by atoms with E-state index in [-0.39, 0.29) is 57.1 Å². The van der Waals surface area contributed by atoms with Crippen LogP contribution >= 0.6 is 0 Å². The van der Waals surface area contributed by atoms with Gasteiger partial charge >= 0.3 is 17.7 Å². The number of amides is 1. The number of carboxylic acids is 1. The predicted molar refractivity (Wildman–Crippen MR) is 132 cm³/mol. The molecule has 0 radical (unpaired) electrons. The van der Waals surface area contributed by atoms with Crippen LogP contribution in [0.15, 0.2) is 29.1 Å². The van der Waals surface area contributed by atoms with E-state index in [0.29, 0.717) is 36.5 Å². The monoisotopic (exact) mass is 518 g/mol. The molecule has 3 rings (SSSR count). The number of aromatic nitrogens is 4. The lowest BCUT2D eigenvalue weighted by Crippen LogP contribution is -2.27. The van der Waals surface area contributed by atoms with Crippen LogP contribution < -0.4 is 21.5 Å². The van der Waals surface area contributed by atoms with Crippen molar-refractivity contribution in [3.63, 3.8) is 0 Å². The maximum absolute atomic E-state index is 12.5. The number of benzene rings is 1. The molecule has 37 heavy (non-hydrogen) atoms. The third kappa shape index (κ3) is 8.27. The summed E-state index contributed by atoms with van der Waals surface area (Å²) in [6, 6.07) is 6.84. The van der Waals surface area contributed by atoms with Gasteiger partial charge in [0.2, 0.25) is 0 Å². The number of rotatable bonds is 16. The van der Waals surface area contributed by atoms with E-state index in [0.717, 1.165) is 5.56 Å². The zero-order valence-electron chi connectivity index (χ0n) is 20.4. The van der Waals surface area contributed by atoms with E-state index in [1.165, 1.54) is 4.57 Å². The Morgan fingerprint density at radius 2 is 1.78 bits per heavy atom. The molecule has 1 amide bonds. The van der Waals surface area contributed by atoms with Crippen molar-refractivity contribution in [3.05, 3.63) is 45.9 Å². The van der Waals surface area contributed by atoms with Crippen LogP contribution in [0.25, 0.3) is 11.2 Å². The number of anilines is 1. The van der Waals surface area contributed by atoms with Crippen LogP contribution in [0.4, 0.5) is 5.82 Å². The standard InChI is InChI=1S/C23H30N6O8/c1-34-10-13-37-22-27-19(24)18-20(28-22)29(23(33)26-18)14-15-2-4-16(5-3-15)21(32)25-7-9-36-12-11-35-8-6-17(30)31/h2-5H,6-14H2,1H3,(H,25,32)(H,26,33)(H,30,31)(H2,24,27,28). The highest BCUT2D eigenvalue weighted by molar-refractivity contribution is 5.94. The molecule has 14 heteroatoms. The minimum Gasteiger partial charge on any atom is -0.481 e. The molecule has 0 aliphatic rings. The molecule has 0 bridgehead atoms. The Hall–Kier alpha value is -4.01. The highest BCUT2D eigenvalue weighted by atomic mass is 16.5. The third-order valence-corrected chi connectivity index (χ3v) is 5.07. The molecule has 5 N–H and O–H groups in total. The van der Waals surface area contributed by atoms with Gasteiger partial charge in [-0.3, -0.25) is 14.2 Å². The van der Waals surface area contributed by atoms with Crippen molar-refractivity contribution in [2.75, 3.05) is 59.0 Å². The molecule has 200 valence electrons. The number of nitrogen functional groups attached to an aromatic ring is 1. The Morgan fingerprint density at radius 1 is 1.05 bits per heavy atom. The number of carbonyl (C=O) groups is 2. The second-order valence-electron chi connectivity index (χ2n) is 7.77. The van der Waals surface area contributed by atoms with Crippen molar-refractivity contribution < 1.29 is 33.6 Å². The van der Waals surface area contributed by atoms with Crippen LogP contribution in [0.2, 0.25) is 0 Å². The summed E-state index contributed by atoms with van der Waals surface area (Å²) in [5, 5.41) is 11.3. The Labute approximate surface area is 211 Å². The number of nitrogens with two attached hydrogens (primary N) is 1. The van der Waals surface area contributed by atoms with Crippen LogP contribution in [-0.2, 0) is 25.5 Å². The Balaban J connectivity index is 1.51. The Kier molecular flexibility index (Phi) is 10.4. The summed E-state index contributed by atoms with van der Waals surface area (Å²) in [5.74, 6) is -1.09. The van der Waals surface area contributed by atoms with Crippen molar-refractivity contribution >= 4 is 28.9 Å². The number of hydrogen-bond acceptors (Lipinski definition) is 10. The fourth-order valence-electron chi connectivity index (χ4n) is 3.22. The van der Waals surface area contributed by atoms with E-state index in [4.69, 9.17) is 29.8 Å². The second-order valence-corrected chi connectivity index (χ2v) is 7.77. The lowest BCUT2D eigenvalue weighted by molar-refractivity contribution is -0.138. The smallest absolute Gasteiger partial charge is 0.328 e. The maximum atomic E-state index is 12.5. The zero-order valence-corrected chi connectivity index (χ0v) is 20.4. The van der Waals surface area contributed by atoms with Crippen LogP contribution in [0.5, 0.6) is 6.01 Å².